The largest absolute Gasteiger partial charge is 0.398 e. The van der Waals surface area contributed by atoms with Crippen molar-refractivity contribution in [3.05, 3.63) is 22.7 Å². The molecule has 0 aliphatic heterocycles. The first-order valence-corrected chi connectivity index (χ1v) is 3.68. The summed E-state index contributed by atoms with van der Waals surface area (Å²) in [6.07, 6.45) is 0. The van der Waals surface area contributed by atoms with Crippen LogP contribution in [0.4, 0.5) is 5.69 Å². The minimum absolute atomic E-state index is 0. The molecule has 1 rings (SSSR count). The number of benzene rings is 1. The molecule has 1 aromatic carbocycles. The molecule has 0 atom stereocenters. The molecule has 0 amide bonds. The van der Waals surface area contributed by atoms with E-state index in [-0.39, 0.29) is 12.4 Å². The lowest BCUT2D eigenvalue weighted by molar-refractivity contribution is 1.45. The minimum Gasteiger partial charge on any atom is -0.398 e. The number of thiol groups is 1. The lowest BCUT2D eigenvalue weighted by Gasteiger charge is -1.96. The van der Waals surface area contributed by atoms with Gasteiger partial charge in [0.05, 0.1) is 0 Å². The topological polar surface area (TPSA) is 26.0 Å². The molecule has 0 aliphatic carbocycles. The van der Waals surface area contributed by atoms with Gasteiger partial charge in [-0.25, -0.2) is 0 Å². The summed E-state index contributed by atoms with van der Waals surface area (Å²) in [7, 11) is 0. The Hall–Kier alpha value is 0.140. The van der Waals surface area contributed by atoms with Crippen LogP contribution in [0.3, 0.4) is 0 Å². The number of hydrogen-bond donors (Lipinski definition) is 2. The van der Waals surface area contributed by atoms with Crippen molar-refractivity contribution in [2.45, 2.75) is 4.90 Å². The normalized spacial score (nSPS) is 8.60. The maximum atomic E-state index is 5.51. The van der Waals surface area contributed by atoms with E-state index in [1.807, 2.05) is 18.2 Å². The fourth-order valence-corrected chi connectivity index (χ4v) is 1.04. The first-order valence-electron chi connectivity index (χ1n) is 2.44. The Morgan fingerprint density at radius 2 is 2.00 bits per heavy atom. The fraction of sp³-hybridized carbons (Fsp3) is 0. The number of rotatable bonds is 0. The van der Waals surface area contributed by atoms with E-state index in [9.17, 15) is 0 Å². The standard InChI is InChI=1S/C6H6BrNS.ClH/c7-4-1-2-6(9)5(8)3-4;/h1-3,9H,8H2;1H. The Kier molecular flexibility index (Phi) is 4.17. The van der Waals surface area contributed by atoms with E-state index in [0.29, 0.717) is 5.69 Å². The lowest BCUT2D eigenvalue weighted by Crippen LogP contribution is -1.84. The lowest BCUT2D eigenvalue weighted by atomic mass is 10.3. The maximum Gasteiger partial charge on any atom is 0.0460 e. The van der Waals surface area contributed by atoms with Gasteiger partial charge >= 0.3 is 0 Å². The predicted octanol–water partition coefficient (Wildman–Crippen LogP) is 2.74. The molecule has 0 spiro atoms. The molecule has 0 saturated heterocycles. The highest BCUT2D eigenvalue weighted by Crippen LogP contribution is 2.20. The van der Waals surface area contributed by atoms with Gasteiger partial charge in [0.1, 0.15) is 0 Å². The zero-order chi connectivity index (χ0) is 6.85. The van der Waals surface area contributed by atoms with Crippen LogP contribution in [0.2, 0.25) is 0 Å². The molecule has 10 heavy (non-hydrogen) atoms. The van der Waals surface area contributed by atoms with Crippen molar-refractivity contribution in [3.8, 4) is 0 Å². The zero-order valence-corrected chi connectivity index (χ0v) is 8.34. The van der Waals surface area contributed by atoms with Gasteiger partial charge in [0, 0.05) is 15.1 Å². The second kappa shape index (κ2) is 4.11. The number of nitrogens with two attached hydrogens (primary N) is 1. The van der Waals surface area contributed by atoms with E-state index in [0.717, 1.165) is 9.37 Å². The summed E-state index contributed by atoms with van der Waals surface area (Å²) < 4.78 is 0.984. The van der Waals surface area contributed by atoms with Gasteiger partial charge in [-0.1, -0.05) is 15.9 Å². The summed E-state index contributed by atoms with van der Waals surface area (Å²) in [6.45, 7) is 0. The fourth-order valence-electron chi connectivity index (χ4n) is 0.525. The highest BCUT2D eigenvalue weighted by atomic mass is 79.9. The summed E-state index contributed by atoms with van der Waals surface area (Å²) in [5.74, 6) is 0. The molecule has 56 valence electrons. The van der Waals surface area contributed by atoms with Crippen molar-refractivity contribution in [2.24, 2.45) is 0 Å². The molecule has 0 saturated carbocycles. The molecule has 0 heterocycles. The Labute approximate surface area is 79.9 Å². The Bertz CT molecular complexity index is 229. The summed E-state index contributed by atoms with van der Waals surface area (Å²) in [4.78, 5) is 0.818. The molecular formula is C6H7BrClNS. The second-order valence-corrected chi connectivity index (χ2v) is 3.10. The van der Waals surface area contributed by atoms with Gasteiger partial charge in [-0.2, -0.15) is 0 Å². The van der Waals surface area contributed by atoms with Gasteiger partial charge in [-0.3, -0.25) is 0 Å². The van der Waals surface area contributed by atoms with Crippen LogP contribution in [-0.2, 0) is 0 Å². The highest BCUT2D eigenvalue weighted by molar-refractivity contribution is 9.10. The molecule has 0 bridgehead atoms. The van der Waals surface area contributed by atoms with Crippen LogP contribution in [0.1, 0.15) is 0 Å². The maximum absolute atomic E-state index is 5.51. The van der Waals surface area contributed by atoms with Gasteiger partial charge in [0.2, 0.25) is 0 Å². The molecule has 0 radical (unpaired) electrons. The average molecular weight is 241 g/mol. The Morgan fingerprint density at radius 3 is 2.40 bits per heavy atom. The third-order valence-electron chi connectivity index (χ3n) is 0.990. The monoisotopic (exact) mass is 239 g/mol. The van der Waals surface area contributed by atoms with Crippen molar-refractivity contribution >= 4 is 46.7 Å². The SMILES string of the molecule is Cl.Nc1cc(Br)ccc1S. The van der Waals surface area contributed by atoms with Crippen LogP contribution in [0.5, 0.6) is 0 Å². The van der Waals surface area contributed by atoms with Gasteiger partial charge in [0.25, 0.3) is 0 Å². The summed E-state index contributed by atoms with van der Waals surface area (Å²) in [5.41, 5.74) is 6.22. The smallest absolute Gasteiger partial charge is 0.0460 e. The van der Waals surface area contributed by atoms with E-state index < -0.39 is 0 Å². The van der Waals surface area contributed by atoms with Crippen LogP contribution >= 0.6 is 41.0 Å². The highest BCUT2D eigenvalue weighted by Gasteiger charge is 1.91. The molecule has 1 nitrogen and oxygen atoms in total. The van der Waals surface area contributed by atoms with Crippen molar-refractivity contribution in [1.82, 2.24) is 0 Å². The van der Waals surface area contributed by atoms with Crippen LogP contribution in [0.15, 0.2) is 27.6 Å². The van der Waals surface area contributed by atoms with Crippen molar-refractivity contribution < 1.29 is 0 Å². The van der Waals surface area contributed by atoms with E-state index in [1.54, 1.807) is 0 Å². The van der Waals surface area contributed by atoms with Gasteiger partial charge in [0.15, 0.2) is 0 Å². The third kappa shape index (κ3) is 2.40. The Morgan fingerprint density at radius 1 is 1.40 bits per heavy atom. The molecule has 0 aliphatic rings. The van der Waals surface area contributed by atoms with E-state index in [1.165, 1.54) is 0 Å². The third-order valence-corrected chi connectivity index (χ3v) is 1.89. The molecule has 0 unspecified atom stereocenters. The van der Waals surface area contributed by atoms with E-state index in [4.69, 9.17) is 5.73 Å². The van der Waals surface area contributed by atoms with Crippen LogP contribution in [0, 0.1) is 0 Å². The first-order chi connectivity index (χ1) is 4.20. The van der Waals surface area contributed by atoms with Gasteiger partial charge < -0.3 is 5.73 Å². The first kappa shape index (κ1) is 10.1. The number of hydrogen-bond acceptors (Lipinski definition) is 2. The predicted molar refractivity (Wildman–Crippen MR) is 53.1 cm³/mol. The average Bonchev–Trinajstić information content (AvgIpc) is 1.80. The minimum atomic E-state index is 0. The zero-order valence-electron chi connectivity index (χ0n) is 5.04. The molecule has 4 heteroatoms. The quantitative estimate of drug-likeness (QED) is 0.529. The van der Waals surface area contributed by atoms with Crippen LogP contribution < -0.4 is 5.73 Å². The van der Waals surface area contributed by atoms with E-state index >= 15 is 0 Å². The molecule has 2 N–H and O–H groups in total. The van der Waals surface area contributed by atoms with Crippen LogP contribution in [0.25, 0.3) is 0 Å². The van der Waals surface area contributed by atoms with Gasteiger partial charge in [-0.05, 0) is 18.2 Å². The van der Waals surface area contributed by atoms with Crippen molar-refractivity contribution in [1.29, 1.82) is 0 Å². The number of halogens is 2. The number of nitrogen functional groups attached to an aromatic ring is 1. The summed E-state index contributed by atoms with van der Waals surface area (Å²) in [6, 6.07) is 5.57. The van der Waals surface area contributed by atoms with Crippen molar-refractivity contribution in [2.75, 3.05) is 5.73 Å². The summed E-state index contributed by atoms with van der Waals surface area (Å²) in [5, 5.41) is 0. The van der Waals surface area contributed by atoms with E-state index in [2.05, 4.69) is 28.6 Å². The van der Waals surface area contributed by atoms with Crippen LogP contribution in [-0.4, -0.2) is 0 Å². The Balaban J connectivity index is 0.000000810. The number of anilines is 1. The molecular weight excluding hydrogens is 233 g/mol. The molecule has 0 aromatic heterocycles. The molecule has 1 aromatic rings. The molecule has 0 fully saturated rings. The second-order valence-electron chi connectivity index (χ2n) is 1.70. The van der Waals surface area contributed by atoms with Crippen molar-refractivity contribution in [3.63, 3.8) is 0 Å². The van der Waals surface area contributed by atoms with Gasteiger partial charge in [-0.15, -0.1) is 25.0 Å². The summed E-state index contributed by atoms with van der Waals surface area (Å²) >= 11 is 7.38.